The molecule has 0 radical (unpaired) electrons. The molecule has 1 aromatic heterocycles. The smallest absolute Gasteiger partial charge is 0.179 e. The second kappa shape index (κ2) is 4.93. The average molecular weight is 274 g/mol. The van der Waals surface area contributed by atoms with E-state index in [9.17, 15) is 4.79 Å². The summed E-state index contributed by atoms with van der Waals surface area (Å²) < 4.78 is 3.39. The Balaban J connectivity index is 2.08. The number of aromatic amines is 1. The third kappa shape index (κ3) is 2.25. The first kappa shape index (κ1) is 12.6. The minimum absolute atomic E-state index is 0.250. The molecule has 0 saturated carbocycles. The second-order valence-electron chi connectivity index (χ2n) is 5.25. The van der Waals surface area contributed by atoms with Gasteiger partial charge in [0, 0.05) is 17.1 Å². The minimum atomic E-state index is 0.250. The van der Waals surface area contributed by atoms with E-state index in [-0.39, 0.29) is 5.78 Å². The Morgan fingerprint density at radius 2 is 2.16 bits per heavy atom. The highest BCUT2D eigenvalue weighted by Crippen LogP contribution is 2.33. The fourth-order valence-electron chi connectivity index (χ4n) is 2.59. The number of aromatic nitrogens is 1. The van der Waals surface area contributed by atoms with Crippen LogP contribution in [0.3, 0.4) is 0 Å². The third-order valence-electron chi connectivity index (χ3n) is 3.46. The number of carbonyl (C=O) groups is 1. The second-order valence-corrected chi connectivity index (χ2v) is 6.63. The molecular formula is C15H18N2OS. The molecule has 1 aliphatic carbocycles. The minimum Gasteiger partial charge on any atom is -0.350 e. The summed E-state index contributed by atoms with van der Waals surface area (Å²) >= 11 is 1.69. The summed E-state index contributed by atoms with van der Waals surface area (Å²) in [5, 5.41) is 1.71. The predicted octanol–water partition coefficient (Wildman–Crippen LogP) is 4.16. The number of fused-ring (bicyclic) bond motifs is 3. The van der Waals surface area contributed by atoms with Crippen molar-refractivity contribution in [2.75, 3.05) is 4.72 Å². The molecule has 2 aromatic rings. The van der Waals surface area contributed by atoms with Gasteiger partial charge in [-0.25, -0.2) is 0 Å². The van der Waals surface area contributed by atoms with Crippen molar-refractivity contribution in [3.8, 4) is 0 Å². The maximum absolute atomic E-state index is 12.0. The number of carbonyl (C=O) groups excluding carboxylic acids is 1. The van der Waals surface area contributed by atoms with Gasteiger partial charge in [0.05, 0.1) is 16.9 Å². The molecule has 1 aromatic carbocycles. The van der Waals surface area contributed by atoms with Gasteiger partial charge < -0.3 is 9.71 Å². The zero-order chi connectivity index (χ0) is 13.4. The number of aryl methyl sites for hydroxylation is 1. The number of hydrogen-bond acceptors (Lipinski definition) is 3. The lowest BCUT2D eigenvalue weighted by atomic mass is 9.95. The largest absolute Gasteiger partial charge is 0.350 e. The Morgan fingerprint density at radius 3 is 2.95 bits per heavy atom. The van der Waals surface area contributed by atoms with Gasteiger partial charge in [0.25, 0.3) is 0 Å². The molecule has 0 fully saturated rings. The summed E-state index contributed by atoms with van der Waals surface area (Å²) in [7, 11) is 0. The first-order valence-electron chi connectivity index (χ1n) is 6.75. The van der Waals surface area contributed by atoms with E-state index in [2.05, 4.69) is 41.8 Å². The number of ketones is 1. The molecule has 0 spiro atoms. The number of benzene rings is 1. The highest BCUT2D eigenvalue weighted by molar-refractivity contribution is 8.01. The van der Waals surface area contributed by atoms with Crippen LogP contribution < -0.4 is 4.72 Å². The first-order valence-corrected chi connectivity index (χ1v) is 7.63. The van der Waals surface area contributed by atoms with Gasteiger partial charge in [-0.3, -0.25) is 4.79 Å². The van der Waals surface area contributed by atoms with Crippen LogP contribution in [0.15, 0.2) is 18.2 Å². The Kier molecular flexibility index (Phi) is 3.27. The Hall–Kier alpha value is -1.42. The highest BCUT2D eigenvalue weighted by Gasteiger charge is 2.22. The molecular weight excluding hydrogens is 256 g/mol. The van der Waals surface area contributed by atoms with Crippen LogP contribution in [0, 0.1) is 0 Å². The maximum Gasteiger partial charge on any atom is 0.179 e. The fraction of sp³-hybridized carbons (Fsp3) is 0.400. The Bertz CT molecular complexity index is 630. The van der Waals surface area contributed by atoms with Crippen molar-refractivity contribution in [2.45, 2.75) is 38.4 Å². The topological polar surface area (TPSA) is 44.9 Å². The van der Waals surface area contributed by atoms with Crippen molar-refractivity contribution in [3.05, 3.63) is 29.5 Å². The van der Waals surface area contributed by atoms with Crippen molar-refractivity contribution in [1.29, 1.82) is 0 Å². The quantitative estimate of drug-likeness (QED) is 0.826. The normalized spacial score (nSPS) is 15.0. The summed E-state index contributed by atoms with van der Waals surface area (Å²) in [5.74, 6) is 0.250. The number of hydrogen-bond donors (Lipinski definition) is 2. The number of anilines is 1. The standard InChI is InChI=1S/C15H18N2OS/c1-9(2)19-17-12-7-3-5-10-11-6-4-8-13(18)15(11)16-14(10)12/h3,5,7,9,16-17H,4,6,8H2,1-2H3. The molecule has 3 rings (SSSR count). The van der Waals surface area contributed by atoms with E-state index in [1.165, 1.54) is 10.9 Å². The molecule has 0 aliphatic heterocycles. The molecule has 100 valence electrons. The molecule has 19 heavy (non-hydrogen) atoms. The van der Waals surface area contributed by atoms with Gasteiger partial charge in [0.15, 0.2) is 5.78 Å². The molecule has 0 saturated heterocycles. The zero-order valence-electron chi connectivity index (χ0n) is 11.2. The van der Waals surface area contributed by atoms with E-state index in [1.54, 1.807) is 11.9 Å². The number of H-pyrrole nitrogens is 1. The predicted molar refractivity (Wildman–Crippen MR) is 81.9 cm³/mol. The number of nitrogens with one attached hydrogen (secondary N) is 2. The van der Waals surface area contributed by atoms with Crippen molar-refractivity contribution in [2.24, 2.45) is 0 Å². The van der Waals surface area contributed by atoms with Crippen LogP contribution in [0.5, 0.6) is 0 Å². The van der Waals surface area contributed by atoms with E-state index in [0.29, 0.717) is 11.7 Å². The van der Waals surface area contributed by atoms with E-state index in [4.69, 9.17) is 0 Å². The van der Waals surface area contributed by atoms with Gasteiger partial charge >= 0.3 is 0 Å². The van der Waals surface area contributed by atoms with Crippen molar-refractivity contribution >= 4 is 34.3 Å². The van der Waals surface area contributed by atoms with Crippen LogP contribution >= 0.6 is 11.9 Å². The first-order chi connectivity index (χ1) is 9.16. The number of rotatable bonds is 3. The Morgan fingerprint density at radius 1 is 1.32 bits per heavy atom. The number of para-hydroxylation sites is 1. The van der Waals surface area contributed by atoms with Crippen LogP contribution in [0.4, 0.5) is 5.69 Å². The monoisotopic (exact) mass is 274 g/mol. The lowest BCUT2D eigenvalue weighted by Gasteiger charge is -2.09. The molecule has 1 aliphatic rings. The van der Waals surface area contributed by atoms with Crippen LogP contribution in [0.2, 0.25) is 0 Å². The number of Topliss-reactive ketones (excluding diaryl/α,β-unsaturated/α-hetero) is 1. The van der Waals surface area contributed by atoms with Crippen molar-refractivity contribution in [3.63, 3.8) is 0 Å². The van der Waals surface area contributed by atoms with E-state index < -0.39 is 0 Å². The average Bonchev–Trinajstić information content (AvgIpc) is 2.77. The van der Waals surface area contributed by atoms with E-state index >= 15 is 0 Å². The molecule has 0 unspecified atom stereocenters. The molecule has 0 atom stereocenters. The summed E-state index contributed by atoms with van der Waals surface area (Å²) in [6, 6.07) is 6.22. The van der Waals surface area contributed by atoms with Crippen molar-refractivity contribution in [1.82, 2.24) is 4.98 Å². The molecule has 2 N–H and O–H groups in total. The van der Waals surface area contributed by atoms with E-state index in [0.717, 1.165) is 29.7 Å². The van der Waals surface area contributed by atoms with Crippen LogP contribution in [-0.4, -0.2) is 16.0 Å². The van der Waals surface area contributed by atoms with Crippen LogP contribution in [0.25, 0.3) is 10.9 Å². The molecule has 4 heteroatoms. The van der Waals surface area contributed by atoms with Gasteiger partial charge in [-0.2, -0.15) is 0 Å². The zero-order valence-corrected chi connectivity index (χ0v) is 12.1. The van der Waals surface area contributed by atoms with Gasteiger partial charge in [0.2, 0.25) is 0 Å². The summed E-state index contributed by atoms with van der Waals surface area (Å²) in [5.41, 5.74) is 4.16. The summed E-state index contributed by atoms with van der Waals surface area (Å²) in [4.78, 5) is 15.3. The molecule has 1 heterocycles. The molecule has 0 bridgehead atoms. The maximum atomic E-state index is 12.0. The third-order valence-corrected chi connectivity index (χ3v) is 4.26. The van der Waals surface area contributed by atoms with Gasteiger partial charge in [-0.15, -0.1) is 0 Å². The lowest BCUT2D eigenvalue weighted by Crippen LogP contribution is -2.09. The SMILES string of the molecule is CC(C)SNc1cccc2c3c([nH]c12)C(=O)CCC3. The van der Waals surface area contributed by atoms with Gasteiger partial charge in [-0.1, -0.05) is 26.0 Å². The lowest BCUT2D eigenvalue weighted by molar-refractivity contribution is 0.0968. The van der Waals surface area contributed by atoms with Gasteiger partial charge in [0.1, 0.15) is 0 Å². The Labute approximate surface area is 117 Å². The molecule has 3 nitrogen and oxygen atoms in total. The van der Waals surface area contributed by atoms with Crippen molar-refractivity contribution < 1.29 is 4.79 Å². The highest BCUT2D eigenvalue weighted by atomic mass is 32.2. The molecule has 0 amide bonds. The van der Waals surface area contributed by atoms with Crippen LogP contribution in [0.1, 0.15) is 42.7 Å². The summed E-state index contributed by atoms with van der Waals surface area (Å²) in [6.45, 7) is 4.31. The van der Waals surface area contributed by atoms with E-state index in [1.807, 2.05) is 0 Å². The fourth-order valence-corrected chi connectivity index (χ4v) is 3.12. The van der Waals surface area contributed by atoms with Crippen LogP contribution in [-0.2, 0) is 6.42 Å². The summed E-state index contributed by atoms with van der Waals surface area (Å²) in [6.07, 6.45) is 2.64. The van der Waals surface area contributed by atoms with Gasteiger partial charge in [-0.05, 0) is 36.4 Å².